The fourth-order valence-corrected chi connectivity index (χ4v) is 3.48. The third-order valence-corrected chi connectivity index (χ3v) is 5.24. The van der Waals surface area contributed by atoms with Crippen LogP contribution in [0.3, 0.4) is 0 Å². The number of benzene rings is 1. The highest BCUT2D eigenvalue weighted by Crippen LogP contribution is 2.24. The largest absolute Gasteiger partial charge is 0.459 e. The number of nitrogens with zero attached hydrogens (tertiary/aromatic N) is 3. The van der Waals surface area contributed by atoms with Gasteiger partial charge in [0.25, 0.3) is 5.22 Å². The summed E-state index contributed by atoms with van der Waals surface area (Å²) in [5.74, 6) is 2.85. The number of halogens is 1. The van der Waals surface area contributed by atoms with Crippen molar-refractivity contribution in [2.24, 2.45) is 0 Å². The topological polar surface area (TPSA) is 72.4 Å². The zero-order valence-corrected chi connectivity index (χ0v) is 17.2. The molecule has 1 amide bonds. The summed E-state index contributed by atoms with van der Waals surface area (Å²) in [6, 6.07) is 11.2. The average molecular weight is 424 g/mol. The van der Waals surface area contributed by atoms with E-state index in [0.717, 1.165) is 11.3 Å². The summed E-state index contributed by atoms with van der Waals surface area (Å²) in [6.07, 6.45) is 1.96. The molecule has 0 saturated carbocycles. The van der Waals surface area contributed by atoms with Gasteiger partial charge < -0.3 is 13.7 Å². The Morgan fingerprint density at radius 1 is 1.15 bits per heavy atom. The summed E-state index contributed by atoms with van der Waals surface area (Å²) < 4.78 is 11.3. The maximum atomic E-state index is 12.3. The lowest BCUT2D eigenvalue weighted by Crippen LogP contribution is -2.27. The summed E-state index contributed by atoms with van der Waals surface area (Å²) in [4.78, 5) is 13.9. The molecule has 142 valence electrons. The number of hydrogen-bond acceptors (Lipinski definition) is 7. The summed E-state index contributed by atoms with van der Waals surface area (Å²) >= 11 is 8.74. The Morgan fingerprint density at radius 3 is 2.67 bits per heavy atom. The highest BCUT2D eigenvalue weighted by molar-refractivity contribution is 7.99. The van der Waals surface area contributed by atoms with Crippen LogP contribution in [-0.4, -0.2) is 40.1 Å². The normalized spacial score (nSPS) is 10.9. The van der Waals surface area contributed by atoms with Crippen molar-refractivity contribution in [1.29, 1.82) is 0 Å². The van der Waals surface area contributed by atoms with Crippen LogP contribution in [0.15, 0.2) is 50.5 Å². The van der Waals surface area contributed by atoms with Crippen LogP contribution in [0.25, 0.3) is 11.3 Å². The van der Waals surface area contributed by atoms with E-state index in [4.69, 9.17) is 20.4 Å². The molecule has 0 aliphatic carbocycles. The highest BCUT2D eigenvalue weighted by Gasteiger charge is 2.15. The van der Waals surface area contributed by atoms with Crippen molar-refractivity contribution >= 4 is 41.0 Å². The Balaban J connectivity index is 1.52. The van der Waals surface area contributed by atoms with E-state index in [0.29, 0.717) is 34.2 Å². The van der Waals surface area contributed by atoms with Gasteiger partial charge in [0.05, 0.1) is 18.1 Å². The molecule has 0 spiro atoms. The summed E-state index contributed by atoms with van der Waals surface area (Å²) in [7, 11) is 1.74. The Labute approximate surface area is 170 Å². The van der Waals surface area contributed by atoms with Gasteiger partial charge in [-0.3, -0.25) is 4.79 Å². The van der Waals surface area contributed by atoms with E-state index in [-0.39, 0.29) is 11.7 Å². The van der Waals surface area contributed by atoms with E-state index < -0.39 is 0 Å². The zero-order valence-electron chi connectivity index (χ0n) is 14.8. The predicted octanol–water partition coefficient (Wildman–Crippen LogP) is 4.60. The molecule has 9 heteroatoms. The van der Waals surface area contributed by atoms with E-state index in [2.05, 4.69) is 10.2 Å². The first kappa shape index (κ1) is 19.9. The summed E-state index contributed by atoms with van der Waals surface area (Å²) in [5, 5.41) is 8.94. The van der Waals surface area contributed by atoms with Crippen LogP contribution in [0.4, 0.5) is 0 Å². The molecule has 3 rings (SSSR count). The lowest BCUT2D eigenvalue weighted by molar-refractivity contribution is -0.127. The minimum Gasteiger partial charge on any atom is -0.459 e. The fraction of sp³-hybridized carbons (Fsp3) is 0.278. The van der Waals surface area contributed by atoms with Crippen molar-refractivity contribution in [1.82, 2.24) is 15.1 Å². The molecule has 2 heterocycles. The van der Waals surface area contributed by atoms with Crippen LogP contribution >= 0.6 is 35.1 Å². The van der Waals surface area contributed by atoms with Gasteiger partial charge in [0.1, 0.15) is 11.5 Å². The van der Waals surface area contributed by atoms with E-state index in [1.54, 1.807) is 23.7 Å². The molecule has 0 saturated heterocycles. The Kier molecular flexibility index (Phi) is 6.87. The van der Waals surface area contributed by atoms with E-state index in [1.165, 1.54) is 11.8 Å². The summed E-state index contributed by atoms with van der Waals surface area (Å²) in [5.41, 5.74) is 0.938. The van der Waals surface area contributed by atoms with E-state index in [1.807, 2.05) is 42.7 Å². The van der Waals surface area contributed by atoms with Crippen molar-refractivity contribution < 1.29 is 13.6 Å². The quantitative estimate of drug-likeness (QED) is 0.490. The third kappa shape index (κ3) is 5.54. The number of hydrogen-bond donors (Lipinski definition) is 0. The average Bonchev–Trinajstić information content (AvgIpc) is 3.30. The second-order valence-electron chi connectivity index (χ2n) is 5.71. The Morgan fingerprint density at radius 2 is 1.93 bits per heavy atom. The van der Waals surface area contributed by atoms with Crippen molar-refractivity contribution in [3.8, 4) is 11.3 Å². The van der Waals surface area contributed by atoms with Gasteiger partial charge in [-0.25, -0.2) is 0 Å². The Bertz CT molecular complexity index is 895. The number of carbonyl (C=O) groups is 1. The monoisotopic (exact) mass is 423 g/mol. The van der Waals surface area contributed by atoms with Crippen LogP contribution in [0.2, 0.25) is 5.02 Å². The number of carbonyl (C=O) groups excluding carboxylic acids is 1. The van der Waals surface area contributed by atoms with E-state index in [9.17, 15) is 4.79 Å². The smallest absolute Gasteiger partial charge is 0.277 e. The SMILES string of the molecule is CSCc1nnc(SCC(=O)N(C)Cc2ccc(-c3ccc(Cl)cc3)o2)o1. The molecule has 0 bridgehead atoms. The first-order valence-electron chi connectivity index (χ1n) is 8.08. The van der Waals surface area contributed by atoms with Crippen LogP contribution < -0.4 is 0 Å². The predicted molar refractivity (Wildman–Crippen MR) is 108 cm³/mol. The van der Waals surface area contributed by atoms with Gasteiger partial charge in [-0.15, -0.1) is 10.2 Å². The minimum atomic E-state index is -0.0472. The van der Waals surface area contributed by atoms with Gasteiger partial charge in [0, 0.05) is 17.6 Å². The van der Waals surface area contributed by atoms with Gasteiger partial charge in [0.2, 0.25) is 11.8 Å². The van der Waals surface area contributed by atoms with Crippen LogP contribution in [0.1, 0.15) is 11.7 Å². The lowest BCUT2D eigenvalue weighted by atomic mass is 10.2. The molecule has 6 nitrogen and oxygen atoms in total. The third-order valence-electron chi connectivity index (χ3n) is 3.64. The molecule has 0 aliphatic rings. The van der Waals surface area contributed by atoms with Crippen molar-refractivity contribution in [2.75, 3.05) is 19.1 Å². The molecule has 0 radical (unpaired) electrons. The minimum absolute atomic E-state index is 0.0472. The first-order chi connectivity index (χ1) is 13.0. The second-order valence-corrected chi connectivity index (χ2v) is 7.94. The van der Waals surface area contributed by atoms with Crippen molar-refractivity contribution in [3.63, 3.8) is 0 Å². The van der Waals surface area contributed by atoms with Crippen LogP contribution in [0.5, 0.6) is 0 Å². The second kappa shape index (κ2) is 9.34. The standard InChI is InChI=1S/C18H18ClN3O3S2/c1-22(17(23)11-27-18-21-20-16(25-18)10-26-2)9-14-7-8-15(24-14)12-3-5-13(19)6-4-12/h3-8H,9-11H2,1-2H3. The van der Waals surface area contributed by atoms with Gasteiger partial charge >= 0.3 is 0 Å². The Hall–Kier alpha value is -1.90. The number of aromatic nitrogens is 2. The number of thioether (sulfide) groups is 2. The number of rotatable bonds is 8. The molecule has 0 fully saturated rings. The van der Waals surface area contributed by atoms with Crippen molar-refractivity contribution in [3.05, 3.63) is 53.1 Å². The fourth-order valence-electron chi connectivity index (χ4n) is 2.27. The maximum Gasteiger partial charge on any atom is 0.277 e. The zero-order chi connectivity index (χ0) is 19.2. The van der Waals surface area contributed by atoms with Crippen molar-refractivity contribution in [2.45, 2.75) is 17.5 Å². The molecule has 3 aromatic rings. The van der Waals surface area contributed by atoms with Crippen LogP contribution in [-0.2, 0) is 17.1 Å². The molecular weight excluding hydrogens is 406 g/mol. The molecule has 0 aliphatic heterocycles. The molecule has 1 aromatic carbocycles. The van der Waals surface area contributed by atoms with Crippen LogP contribution in [0, 0.1) is 0 Å². The van der Waals surface area contributed by atoms with Gasteiger partial charge in [-0.05, 0) is 42.7 Å². The first-order valence-corrected chi connectivity index (χ1v) is 10.8. The molecule has 2 aromatic heterocycles. The maximum absolute atomic E-state index is 12.3. The molecular formula is C18H18ClN3O3S2. The molecule has 0 N–H and O–H groups in total. The van der Waals surface area contributed by atoms with Gasteiger partial charge in [0.15, 0.2) is 0 Å². The number of amides is 1. The van der Waals surface area contributed by atoms with Gasteiger partial charge in [-0.1, -0.05) is 23.4 Å². The van der Waals surface area contributed by atoms with Gasteiger partial charge in [-0.2, -0.15) is 11.8 Å². The molecule has 0 unspecified atom stereocenters. The van der Waals surface area contributed by atoms with E-state index >= 15 is 0 Å². The molecule has 0 atom stereocenters. The molecule has 27 heavy (non-hydrogen) atoms. The lowest BCUT2D eigenvalue weighted by Gasteiger charge is -2.14. The number of furan rings is 1. The summed E-state index contributed by atoms with van der Waals surface area (Å²) in [6.45, 7) is 0.383. The highest BCUT2D eigenvalue weighted by atomic mass is 35.5.